The molecular formula is C18H25NO4. The summed E-state index contributed by atoms with van der Waals surface area (Å²) in [6, 6.07) is 7.24. The second kappa shape index (κ2) is 8.11. The van der Waals surface area contributed by atoms with Crippen molar-refractivity contribution in [3.05, 3.63) is 35.4 Å². The van der Waals surface area contributed by atoms with Gasteiger partial charge in [0.05, 0.1) is 12.5 Å². The molecule has 1 saturated heterocycles. The molecule has 126 valence electrons. The predicted octanol–water partition coefficient (Wildman–Crippen LogP) is 2.27. The first-order chi connectivity index (χ1) is 11.0. The number of hydrogen-bond acceptors (Lipinski definition) is 3. The van der Waals surface area contributed by atoms with Crippen LogP contribution in [0.2, 0.25) is 0 Å². The van der Waals surface area contributed by atoms with Crippen LogP contribution in [0.3, 0.4) is 0 Å². The summed E-state index contributed by atoms with van der Waals surface area (Å²) >= 11 is 0. The Hall–Kier alpha value is -1.88. The molecule has 1 fully saturated rings. The normalized spacial score (nSPS) is 20.7. The minimum atomic E-state index is -0.965. The maximum Gasteiger partial charge on any atom is 0.326 e. The van der Waals surface area contributed by atoms with Crippen molar-refractivity contribution in [2.75, 3.05) is 13.7 Å². The molecular weight excluding hydrogens is 294 g/mol. The van der Waals surface area contributed by atoms with Crippen molar-refractivity contribution >= 4 is 11.9 Å². The lowest BCUT2D eigenvalue weighted by Gasteiger charge is -2.21. The first-order valence-corrected chi connectivity index (χ1v) is 8.18. The van der Waals surface area contributed by atoms with Crippen LogP contribution >= 0.6 is 0 Å². The Morgan fingerprint density at radius 1 is 1.26 bits per heavy atom. The number of amides is 1. The van der Waals surface area contributed by atoms with Crippen LogP contribution < -0.4 is 0 Å². The van der Waals surface area contributed by atoms with E-state index in [9.17, 15) is 14.7 Å². The average Bonchev–Trinajstić information content (AvgIpc) is 2.99. The third-order valence-electron chi connectivity index (χ3n) is 4.40. The summed E-state index contributed by atoms with van der Waals surface area (Å²) in [6.45, 7) is 2.51. The zero-order chi connectivity index (χ0) is 16.8. The molecule has 0 spiro atoms. The van der Waals surface area contributed by atoms with Crippen LogP contribution in [0.5, 0.6) is 0 Å². The van der Waals surface area contributed by atoms with Crippen molar-refractivity contribution < 1.29 is 19.4 Å². The van der Waals surface area contributed by atoms with Gasteiger partial charge in [-0.05, 0) is 24.0 Å². The molecule has 0 saturated carbocycles. The predicted molar refractivity (Wildman–Crippen MR) is 87.3 cm³/mol. The molecule has 0 bridgehead atoms. The molecule has 1 aliphatic heterocycles. The number of methoxy groups -OCH3 is 1. The summed E-state index contributed by atoms with van der Waals surface area (Å²) in [5.41, 5.74) is 2.19. The number of unbranched alkanes of at least 4 members (excludes halogenated alkanes) is 1. The van der Waals surface area contributed by atoms with Gasteiger partial charge >= 0.3 is 5.97 Å². The first-order valence-electron chi connectivity index (χ1n) is 8.18. The van der Waals surface area contributed by atoms with Crippen molar-refractivity contribution in [3.8, 4) is 0 Å². The van der Waals surface area contributed by atoms with Gasteiger partial charge in [0.15, 0.2) is 0 Å². The zero-order valence-electron chi connectivity index (χ0n) is 13.8. The van der Waals surface area contributed by atoms with Crippen LogP contribution in [-0.4, -0.2) is 47.7 Å². The molecule has 23 heavy (non-hydrogen) atoms. The number of hydrogen-bond donors (Lipinski definition) is 1. The molecule has 1 N–H and O–H groups in total. The Balaban J connectivity index is 1.98. The van der Waals surface area contributed by atoms with E-state index in [1.54, 1.807) is 7.11 Å². The highest BCUT2D eigenvalue weighted by Gasteiger charge is 2.39. The molecule has 1 amide bonds. The number of aliphatic carboxylic acids is 1. The molecule has 1 aliphatic rings. The Bertz CT molecular complexity index is 540. The van der Waals surface area contributed by atoms with Gasteiger partial charge in [0.1, 0.15) is 6.04 Å². The van der Waals surface area contributed by atoms with Crippen molar-refractivity contribution in [2.45, 2.75) is 51.2 Å². The van der Waals surface area contributed by atoms with Gasteiger partial charge in [-0.25, -0.2) is 4.79 Å². The molecule has 1 aromatic rings. The van der Waals surface area contributed by atoms with Crippen molar-refractivity contribution in [2.24, 2.45) is 0 Å². The number of carbonyl (C=O) groups excluding carboxylic acids is 1. The standard InChI is InChI=1S/C18H25NO4/c1-3-4-5-13-6-8-14(9-7-13)10-17(20)19-12-15(23-2)11-16(19)18(21)22/h6-9,15-16H,3-5,10-12H2,1-2H3,(H,21,22). The average molecular weight is 319 g/mol. The third kappa shape index (κ3) is 4.55. The van der Waals surface area contributed by atoms with E-state index < -0.39 is 12.0 Å². The molecule has 1 aromatic carbocycles. The van der Waals surface area contributed by atoms with Crippen LogP contribution in [-0.2, 0) is 27.2 Å². The Morgan fingerprint density at radius 2 is 1.91 bits per heavy atom. The van der Waals surface area contributed by atoms with Crippen LogP contribution in [0.15, 0.2) is 24.3 Å². The van der Waals surface area contributed by atoms with Crippen LogP contribution in [0.1, 0.15) is 37.3 Å². The minimum Gasteiger partial charge on any atom is -0.480 e. The van der Waals surface area contributed by atoms with E-state index >= 15 is 0 Å². The largest absolute Gasteiger partial charge is 0.480 e. The number of benzene rings is 1. The van der Waals surface area contributed by atoms with Crippen LogP contribution in [0.25, 0.3) is 0 Å². The van der Waals surface area contributed by atoms with Crippen molar-refractivity contribution in [1.29, 1.82) is 0 Å². The molecule has 5 nitrogen and oxygen atoms in total. The number of carboxylic acid groups (broad SMARTS) is 1. The maximum absolute atomic E-state index is 12.5. The summed E-state index contributed by atoms with van der Waals surface area (Å²) in [6.07, 6.45) is 3.75. The number of likely N-dealkylation sites (tertiary alicyclic amines) is 1. The van der Waals surface area contributed by atoms with E-state index in [1.807, 2.05) is 12.1 Å². The van der Waals surface area contributed by atoms with E-state index in [0.29, 0.717) is 13.0 Å². The lowest BCUT2D eigenvalue weighted by Crippen LogP contribution is -2.41. The van der Waals surface area contributed by atoms with Crippen molar-refractivity contribution in [1.82, 2.24) is 4.90 Å². The van der Waals surface area contributed by atoms with E-state index in [0.717, 1.165) is 24.8 Å². The highest BCUT2D eigenvalue weighted by atomic mass is 16.5. The summed E-state index contributed by atoms with van der Waals surface area (Å²) in [7, 11) is 1.55. The molecule has 2 atom stereocenters. The number of carboxylic acids is 1. The Morgan fingerprint density at radius 3 is 2.48 bits per heavy atom. The summed E-state index contributed by atoms with van der Waals surface area (Å²) in [5.74, 6) is -1.12. The monoisotopic (exact) mass is 319 g/mol. The SMILES string of the molecule is CCCCc1ccc(CC(=O)N2CC(OC)CC2C(=O)O)cc1. The number of rotatable bonds is 7. The van der Waals surface area contributed by atoms with Gasteiger partial charge in [-0.15, -0.1) is 0 Å². The quantitative estimate of drug-likeness (QED) is 0.837. The van der Waals surface area contributed by atoms with Gasteiger partial charge in [0, 0.05) is 20.1 Å². The summed E-state index contributed by atoms with van der Waals surface area (Å²) < 4.78 is 5.22. The highest BCUT2D eigenvalue weighted by molar-refractivity contribution is 5.85. The number of nitrogens with zero attached hydrogens (tertiary/aromatic N) is 1. The van der Waals surface area contributed by atoms with Gasteiger partial charge in [-0.1, -0.05) is 37.6 Å². The fourth-order valence-corrected chi connectivity index (χ4v) is 2.96. The molecule has 2 unspecified atom stereocenters. The van der Waals surface area contributed by atoms with Crippen molar-refractivity contribution in [3.63, 3.8) is 0 Å². The molecule has 0 aliphatic carbocycles. The van der Waals surface area contributed by atoms with E-state index in [-0.39, 0.29) is 18.4 Å². The summed E-state index contributed by atoms with van der Waals surface area (Å²) in [4.78, 5) is 25.2. The van der Waals surface area contributed by atoms with Gasteiger partial charge < -0.3 is 14.7 Å². The van der Waals surface area contributed by atoms with Crippen LogP contribution in [0, 0.1) is 0 Å². The number of carbonyl (C=O) groups is 2. The van der Waals surface area contributed by atoms with Gasteiger partial charge in [-0.2, -0.15) is 0 Å². The van der Waals surface area contributed by atoms with Gasteiger partial charge in [0.25, 0.3) is 0 Å². The second-order valence-electron chi connectivity index (χ2n) is 6.09. The second-order valence-corrected chi connectivity index (χ2v) is 6.09. The minimum absolute atomic E-state index is 0.154. The first kappa shape index (κ1) is 17.5. The molecule has 2 rings (SSSR count). The lowest BCUT2D eigenvalue weighted by atomic mass is 10.0. The number of ether oxygens (including phenoxy) is 1. The summed E-state index contributed by atoms with van der Waals surface area (Å²) in [5, 5.41) is 9.28. The fourth-order valence-electron chi connectivity index (χ4n) is 2.96. The lowest BCUT2D eigenvalue weighted by molar-refractivity contribution is -0.148. The molecule has 0 aromatic heterocycles. The van der Waals surface area contributed by atoms with E-state index in [4.69, 9.17) is 4.74 Å². The Labute approximate surface area is 137 Å². The number of aryl methyl sites for hydroxylation is 1. The van der Waals surface area contributed by atoms with Gasteiger partial charge in [0.2, 0.25) is 5.91 Å². The topological polar surface area (TPSA) is 66.8 Å². The van der Waals surface area contributed by atoms with Crippen LogP contribution in [0.4, 0.5) is 0 Å². The molecule has 5 heteroatoms. The molecule has 0 radical (unpaired) electrons. The Kier molecular flexibility index (Phi) is 6.16. The maximum atomic E-state index is 12.5. The third-order valence-corrected chi connectivity index (χ3v) is 4.40. The molecule has 1 heterocycles. The van der Waals surface area contributed by atoms with E-state index in [2.05, 4.69) is 19.1 Å². The fraction of sp³-hybridized carbons (Fsp3) is 0.556. The highest BCUT2D eigenvalue weighted by Crippen LogP contribution is 2.21. The van der Waals surface area contributed by atoms with Gasteiger partial charge in [-0.3, -0.25) is 4.79 Å². The smallest absolute Gasteiger partial charge is 0.326 e. The van der Waals surface area contributed by atoms with E-state index in [1.165, 1.54) is 10.5 Å². The zero-order valence-corrected chi connectivity index (χ0v) is 13.8.